The van der Waals surface area contributed by atoms with Gasteiger partial charge in [-0.3, -0.25) is 4.40 Å². The Hall–Kier alpha value is -2.01. The summed E-state index contributed by atoms with van der Waals surface area (Å²) in [6, 6.07) is 11.7. The molecule has 3 aromatic rings. The zero-order valence-corrected chi connectivity index (χ0v) is 12.6. The lowest BCUT2D eigenvalue weighted by atomic mass is 10.2. The van der Waals surface area contributed by atoms with Gasteiger partial charge in [-0.05, 0) is 59.3 Å². The van der Waals surface area contributed by atoms with Gasteiger partial charge in [0, 0.05) is 17.4 Å². The Bertz CT molecular complexity index is 750. The van der Waals surface area contributed by atoms with E-state index in [9.17, 15) is 0 Å². The maximum Gasteiger partial charge on any atom is 0.145 e. The van der Waals surface area contributed by atoms with Crippen LogP contribution in [-0.2, 0) is 0 Å². The molecule has 0 aliphatic heterocycles. The van der Waals surface area contributed by atoms with E-state index >= 15 is 0 Å². The predicted molar refractivity (Wildman–Crippen MR) is 83.9 cm³/mol. The lowest BCUT2D eigenvalue weighted by Gasteiger charge is -2.05. The second kappa shape index (κ2) is 5.17. The quantitative estimate of drug-likeness (QED) is 0.795. The molecule has 0 radical (unpaired) electrons. The van der Waals surface area contributed by atoms with E-state index in [4.69, 9.17) is 10.5 Å². The molecule has 20 heavy (non-hydrogen) atoms. The van der Waals surface area contributed by atoms with Crippen molar-refractivity contribution < 1.29 is 4.74 Å². The van der Waals surface area contributed by atoms with Crippen LogP contribution in [0.25, 0.3) is 16.9 Å². The van der Waals surface area contributed by atoms with Gasteiger partial charge in [0.2, 0.25) is 0 Å². The van der Waals surface area contributed by atoms with Crippen LogP contribution in [-0.4, -0.2) is 16.0 Å². The number of hydrogen-bond donors (Lipinski definition) is 1. The third-order valence-electron chi connectivity index (χ3n) is 3.04. The average Bonchev–Trinajstić information content (AvgIpc) is 2.77. The minimum Gasteiger partial charge on any atom is -0.494 e. The van der Waals surface area contributed by atoms with Crippen molar-refractivity contribution in [1.29, 1.82) is 0 Å². The van der Waals surface area contributed by atoms with E-state index in [1.165, 1.54) is 0 Å². The van der Waals surface area contributed by atoms with Crippen molar-refractivity contribution in [3.05, 3.63) is 47.2 Å². The molecule has 0 atom stereocenters. The van der Waals surface area contributed by atoms with E-state index in [-0.39, 0.29) is 0 Å². The Balaban J connectivity index is 2.11. The Morgan fingerprint density at radius 2 is 1.95 bits per heavy atom. The zero-order chi connectivity index (χ0) is 14.1. The fourth-order valence-corrected chi connectivity index (χ4v) is 2.63. The summed E-state index contributed by atoms with van der Waals surface area (Å²) in [5.74, 6) is 1.71. The monoisotopic (exact) mass is 331 g/mol. The molecule has 2 N–H and O–H groups in total. The molecule has 5 heteroatoms. The lowest BCUT2D eigenvalue weighted by molar-refractivity contribution is 0.340. The van der Waals surface area contributed by atoms with Crippen LogP contribution < -0.4 is 10.5 Å². The first-order valence-electron chi connectivity index (χ1n) is 6.35. The second-order valence-electron chi connectivity index (χ2n) is 4.40. The average molecular weight is 332 g/mol. The first kappa shape index (κ1) is 13.0. The van der Waals surface area contributed by atoms with Crippen molar-refractivity contribution in [2.75, 3.05) is 12.3 Å². The van der Waals surface area contributed by atoms with E-state index < -0.39 is 0 Å². The Labute approximate surface area is 125 Å². The third kappa shape index (κ3) is 2.25. The van der Waals surface area contributed by atoms with E-state index in [0.29, 0.717) is 12.3 Å². The fourth-order valence-electron chi connectivity index (χ4n) is 2.14. The molecule has 0 amide bonds. The minimum absolute atomic E-state index is 0.660. The molecule has 0 unspecified atom stereocenters. The molecular weight excluding hydrogens is 318 g/mol. The third-order valence-corrected chi connectivity index (χ3v) is 3.62. The van der Waals surface area contributed by atoms with Crippen molar-refractivity contribution in [2.24, 2.45) is 0 Å². The molecule has 2 aromatic heterocycles. The number of imidazole rings is 1. The molecule has 0 bridgehead atoms. The molecule has 0 saturated heterocycles. The van der Waals surface area contributed by atoms with Crippen LogP contribution in [0.1, 0.15) is 6.92 Å². The summed E-state index contributed by atoms with van der Waals surface area (Å²) in [4.78, 5) is 4.56. The Kier molecular flexibility index (Phi) is 3.36. The second-order valence-corrected chi connectivity index (χ2v) is 5.15. The Morgan fingerprint density at radius 1 is 1.20 bits per heavy atom. The highest BCUT2D eigenvalue weighted by molar-refractivity contribution is 9.10. The number of ether oxygens (including phenoxy) is 1. The summed E-state index contributed by atoms with van der Waals surface area (Å²) in [6.45, 7) is 2.63. The van der Waals surface area contributed by atoms with E-state index in [1.54, 1.807) is 0 Å². The van der Waals surface area contributed by atoms with Crippen LogP contribution in [0.4, 0.5) is 5.69 Å². The van der Waals surface area contributed by atoms with Crippen LogP contribution >= 0.6 is 15.9 Å². The van der Waals surface area contributed by atoms with Gasteiger partial charge >= 0.3 is 0 Å². The van der Waals surface area contributed by atoms with Gasteiger partial charge in [-0.2, -0.15) is 0 Å². The zero-order valence-electron chi connectivity index (χ0n) is 11.0. The number of halogens is 1. The first-order chi connectivity index (χ1) is 9.69. The van der Waals surface area contributed by atoms with Crippen molar-refractivity contribution in [2.45, 2.75) is 6.92 Å². The van der Waals surface area contributed by atoms with Crippen LogP contribution in [0, 0.1) is 0 Å². The summed E-state index contributed by atoms with van der Waals surface area (Å²) >= 11 is 3.48. The normalized spacial score (nSPS) is 10.9. The van der Waals surface area contributed by atoms with Crippen molar-refractivity contribution >= 4 is 27.1 Å². The van der Waals surface area contributed by atoms with Gasteiger partial charge in [-0.1, -0.05) is 0 Å². The van der Waals surface area contributed by atoms with Gasteiger partial charge in [0.1, 0.15) is 16.2 Å². The highest BCUT2D eigenvalue weighted by Crippen LogP contribution is 2.28. The molecule has 4 nitrogen and oxygen atoms in total. The fraction of sp³-hybridized carbons (Fsp3) is 0.133. The number of pyridine rings is 1. The molecule has 1 aromatic carbocycles. The molecule has 2 heterocycles. The van der Waals surface area contributed by atoms with Crippen molar-refractivity contribution in [3.8, 4) is 17.1 Å². The van der Waals surface area contributed by atoms with Gasteiger partial charge in [-0.25, -0.2) is 4.98 Å². The van der Waals surface area contributed by atoms with E-state index in [2.05, 4.69) is 20.9 Å². The van der Waals surface area contributed by atoms with Gasteiger partial charge < -0.3 is 10.5 Å². The SMILES string of the molecule is CCOc1ccc(-c2nc(Br)c3ccc(N)cn23)cc1. The largest absolute Gasteiger partial charge is 0.494 e. The van der Waals surface area contributed by atoms with Crippen LogP contribution in [0.5, 0.6) is 5.75 Å². The molecule has 0 aliphatic carbocycles. The molecule has 0 fully saturated rings. The summed E-state index contributed by atoms with van der Waals surface area (Å²) in [7, 11) is 0. The predicted octanol–water partition coefficient (Wildman–Crippen LogP) is 3.74. The minimum atomic E-state index is 0.660. The number of nitrogens with zero attached hydrogens (tertiary/aromatic N) is 2. The molecular formula is C15H14BrN3O. The van der Waals surface area contributed by atoms with Crippen LogP contribution in [0.2, 0.25) is 0 Å². The van der Waals surface area contributed by atoms with E-state index in [0.717, 1.165) is 27.3 Å². The summed E-state index contributed by atoms with van der Waals surface area (Å²) < 4.78 is 8.24. The molecule has 0 saturated carbocycles. The number of fused-ring (bicyclic) bond motifs is 1. The van der Waals surface area contributed by atoms with Crippen LogP contribution in [0.3, 0.4) is 0 Å². The number of benzene rings is 1. The molecule has 0 aliphatic rings. The van der Waals surface area contributed by atoms with Gasteiger partial charge in [0.15, 0.2) is 0 Å². The lowest BCUT2D eigenvalue weighted by Crippen LogP contribution is -1.94. The highest BCUT2D eigenvalue weighted by Gasteiger charge is 2.11. The molecule has 102 valence electrons. The summed E-state index contributed by atoms with van der Waals surface area (Å²) in [5.41, 5.74) is 8.57. The number of hydrogen-bond acceptors (Lipinski definition) is 3. The Morgan fingerprint density at radius 3 is 2.65 bits per heavy atom. The van der Waals surface area contributed by atoms with Gasteiger partial charge in [-0.15, -0.1) is 0 Å². The highest BCUT2D eigenvalue weighted by atomic mass is 79.9. The van der Waals surface area contributed by atoms with Gasteiger partial charge in [0.25, 0.3) is 0 Å². The number of rotatable bonds is 3. The van der Waals surface area contributed by atoms with Crippen molar-refractivity contribution in [1.82, 2.24) is 9.38 Å². The summed E-state index contributed by atoms with van der Waals surface area (Å²) in [5, 5.41) is 0. The molecule has 3 rings (SSSR count). The van der Waals surface area contributed by atoms with E-state index in [1.807, 2.05) is 53.9 Å². The standard InChI is InChI=1S/C15H14BrN3O/c1-2-20-12-6-3-10(4-7-12)15-18-14(16)13-8-5-11(17)9-19(13)15/h3-9H,2,17H2,1H3. The van der Waals surface area contributed by atoms with Gasteiger partial charge in [0.05, 0.1) is 12.1 Å². The van der Waals surface area contributed by atoms with Crippen LogP contribution in [0.15, 0.2) is 47.2 Å². The topological polar surface area (TPSA) is 52.5 Å². The maximum absolute atomic E-state index is 5.86. The van der Waals surface area contributed by atoms with Crippen molar-refractivity contribution in [3.63, 3.8) is 0 Å². The number of nitrogen functional groups attached to an aromatic ring is 1. The smallest absolute Gasteiger partial charge is 0.145 e. The molecule has 0 spiro atoms. The number of nitrogens with two attached hydrogens (primary N) is 1. The maximum atomic E-state index is 5.86. The number of anilines is 1. The first-order valence-corrected chi connectivity index (χ1v) is 7.14. The number of aromatic nitrogens is 2. The summed E-state index contributed by atoms with van der Waals surface area (Å²) in [6.07, 6.45) is 1.87.